The van der Waals surface area contributed by atoms with Gasteiger partial charge in [0.15, 0.2) is 0 Å². The highest BCUT2D eigenvalue weighted by atomic mass is 16.5. The van der Waals surface area contributed by atoms with Gasteiger partial charge in [0.2, 0.25) is 11.8 Å². The zero-order valence-electron chi connectivity index (χ0n) is 14.0. The average molecular weight is 348 g/mol. The van der Waals surface area contributed by atoms with E-state index in [9.17, 15) is 9.59 Å². The summed E-state index contributed by atoms with van der Waals surface area (Å²) in [5, 5.41) is 0. The number of ether oxygens (including phenoxy) is 1. The summed E-state index contributed by atoms with van der Waals surface area (Å²) in [6.45, 7) is 0. The molecule has 0 fully saturated rings. The smallest absolute Gasteiger partial charge is 0.248 e. The summed E-state index contributed by atoms with van der Waals surface area (Å²) in [6.07, 6.45) is 1.52. The first-order valence-corrected chi connectivity index (χ1v) is 8.05. The largest absolute Gasteiger partial charge is 0.497 e. The van der Waals surface area contributed by atoms with Gasteiger partial charge in [0.1, 0.15) is 17.4 Å². The number of rotatable bonds is 4. The van der Waals surface area contributed by atoms with Gasteiger partial charge < -0.3 is 14.9 Å². The Morgan fingerprint density at radius 2 is 2.00 bits per heavy atom. The molecule has 1 aliphatic rings. The highest BCUT2D eigenvalue weighted by Crippen LogP contribution is 2.45. The van der Waals surface area contributed by atoms with Crippen molar-refractivity contribution in [1.82, 2.24) is 0 Å². The number of fused-ring (bicyclic) bond motifs is 1. The van der Waals surface area contributed by atoms with Gasteiger partial charge in [-0.2, -0.15) is 0 Å². The number of hydrogen-bond acceptors (Lipinski definition) is 4. The topological polar surface area (TPSA) is 85.8 Å². The van der Waals surface area contributed by atoms with Crippen molar-refractivity contribution in [2.24, 2.45) is 5.73 Å². The maximum absolute atomic E-state index is 13.3. The van der Waals surface area contributed by atoms with Crippen LogP contribution in [0.3, 0.4) is 0 Å². The Morgan fingerprint density at radius 1 is 1.15 bits per heavy atom. The van der Waals surface area contributed by atoms with E-state index in [4.69, 9.17) is 14.9 Å². The van der Waals surface area contributed by atoms with E-state index in [2.05, 4.69) is 0 Å². The van der Waals surface area contributed by atoms with Crippen LogP contribution < -0.4 is 15.4 Å². The van der Waals surface area contributed by atoms with E-state index in [1.807, 2.05) is 18.2 Å². The summed E-state index contributed by atoms with van der Waals surface area (Å²) >= 11 is 0. The van der Waals surface area contributed by atoms with Gasteiger partial charge in [0.25, 0.3) is 0 Å². The van der Waals surface area contributed by atoms with Crippen LogP contribution in [0.4, 0.5) is 11.4 Å². The van der Waals surface area contributed by atoms with Crippen LogP contribution >= 0.6 is 0 Å². The Balaban J connectivity index is 1.90. The molecule has 2 N–H and O–H groups in total. The molecule has 0 spiro atoms. The second kappa shape index (κ2) is 6.07. The molecule has 1 unspecified atom stereocenters. The third kappa shape index (κ3) is 2.43. The Labute approximate surface area is 149 Å². The normalized spacial score (nSPS) is 15.8. The van der Waals surface area contributed by atoms with Crippen LogP contribution in [0.1, 0.15) is 27.6 Å². The quantitative estimate of drug-likeness (QED) is 0.784. The number of benzene rings is 2. The molecule has 0 bridgehead atoms. The zero-order valence-corrected chi connectivity index (χ0v) is 14.0. The first-order valence-electron chi connectivity index (χ1n) is 8.05. The van der Waals surface area contributed by atoms with Gasteiger partial charge >= 0.3 is 0 Å². The van der Waals surface area contributed by atoms with Gasteiger partial charge in [0, 0.05) is 11.6 Å². The minimum atomic E-state index is -0.634. The van der Waals surface area contributed by atoms with Crippen LogP contribution in [0.15, 0.2) is 65.3 Å². The molecule has 0 saturated carbocycles. The average Bonchev–Trinajstić information content (AvgIpc) is 3.26. The summed E-state index contributed by atoms with van der Waals surface area (Å²) in [5.41, 5.74) is 7.81. The fourth-order valence-corrected chi connectivity index (χ4v) is 3.27. The third-order valence-corrected chi connectivity index (χ3v) is 4.47. The number of nitrogens with two attached hydrogens (primary N) is 1. The number of hydrogen-bond donors (Lipinski definition) is 1. The Hall–Kier alpha value is -3.54. The molecule has 0 aliphatic carbocycles. The SMILES string of the molecule is COc1cccc(N2C(=O)C(c3ccco3)c3cc(C(N)=O)ccc32)c1. The maximum Gasteiger partial charge on any atom is 0.248 e. The van der Waals surface area contributed by atoms with Crippen LogP contribution in [0.2, 0.25) is 0 Å². The summed E-state index contributed by atoms with van der Waals surface area (Å²) in [6, 6.07) is 15.7. The van der Waals surface area contributed by atoms with Gasteiger partial charge in [-0.05, 0) is 48.0 Å². The lowest BCUT2D eigenvalue weighted by atomic mass is 9.96. The number of anilines is 2. The maximum atomic E-state index is 13.3. The van der Waals surface area contributed by atoms with E-state index < -0.39 is 11.8 Å². The lowest BCUT2D eigenvalue weighted by molar-refractivity contribution is -0.118. The van der Waals surface area contributed by atoms with Crippen LogP contribution in [-0.2, 0) is 4.79 Å². The predicted molar refractivity (Wildman–Crippen MR) is 95.7 cm³/mol. The number of amides is 2. The minimum Gasteiger partial charge on any atom is -0.497 e. The molecule has 0 radical (unpaired) electrons. The molecule has 1 aromatic heterocycles. The van der Waals surface area contributed by atoms with Crippen molar-refractivity contribution in [3.8, 4) is 5.75 Å². The molecular formula is C20H16N2O4. The number of primary amides is 1. The second-order valence-corrected chi connectivity index (χ2v) is 5.96. The number of methoxy groups -OCH3 is 1. The lowest BCUT2D eigenvalue weighted by Gasteiger charge is -2.18. The van der Waals surface area contributed by atoms with Gasteiger partial charge in [-0.25, -0.2) is 0 Å². The number of carbonyl (C=O) groups is 2. The Kier molecular flexibility index (Phi) is 3.73. The lowest BCUT2D eigenvalue weighted by Crippen LogP contribution is -2.24. The Bertz CT molecular complexity index is 995. The summed E-state index contributed by atoms with van der Waals surface area (Å²) in [7, 11) is 1.57. The molecule has 130 valence electrons. The molecule has 6 nitrogen and oxygen atoms in total. The molecule has 26 heavy (non-hydrogen) atoms. The van der Waals surface area contributed by atoms with E-state index >= 15 is 0 Å². The van der Waals surface area contributed by atoms with Crippen LogP contribution in [0, 0.1) is 0 Å². The molecular weight excluding hydrogens is 332 g/mol. The van der Waals surface area contributed by atoms with Gasteiger partial charge in [-0.3, -0.25) is 14.5 Å². The van der Waals surface area contributed by atoms with Crippen molar-refractivity contribution >= 4 is 23.2 Å². The van der Waals surface area contributed by atoms with E-state index in [0.717, 1.165) is 0 Å². The summed E-state index contributed by atoms with van der Waals surface area (Å²) < 4.78 is 10.8. The second-order valence-electron chi connectivity index (χ2n) is 5.96. The van der Waals surface area contributed by atoms with Gasteiger partial charge in [-0.15, -0.1) is 0 Å². The molecule has 1 aliphatic heterocycles. The van der Waals surface area contributed by atoms with E-state index in [1.54, 1.807) is 48.4 Å². The van der Waals surface area contributed by atoms with Crippen molar-refractivity contribution in [1.29, 1.82) is 0 Å². The molecule has 1 atom stereocenters. The monoisotopic (exact) mass is 348 g/mol. The fraction of sp³-hybridized carbons (Fsp3) is 0.100. The number of furan rings is 1. The van der Waals surface area contributed by atoms with E-state index in [-0.39, 0.29) is 5.91 Å². The van der Waals surface area contributed by atoms with E-state index in [0.29, 0.717) is 34.0 Å². The first kappa shape index (κ1) is 16.0. The van der Waals surface area contributed by atoms with Crippen molar-refractivity contribution in [3.05, 3.63) is 77.7 Å². The molecule has 0 saturated heterocycles. The van der Waals surface area contributed by atoms with Crippen LogP contribution in [-0.4, -0.2) is 18.9 Å². The van der Waals surface area contributed by atoms with Crippen molar-refractivity contribution < 1.29 is 18.7 Å². The standard InChI is InChI=1S/C20H16N2O4/c1-25-14-5-2-4-13(11-14)22-16-8-7-12(19(21)23)10-15(16)18(20(22)24)17-6-3-9-26-17/h2-11,18H,1H3,(H2,21,23). The van der Waals surface area contributed by atoms with Gasteiger partial charge in [-0.1, -0.05) is 6.07 Å². The molecule has 2 aromatic carbocycles. The predicted octanol–water partition coefficient (Wildman–Crippen LogP) is 3.20. The number of carbonyl (C=O) groups excluding carboxylic acids is 2. The third-order valence-electron chi connectivity index (χ3n) is 4.47. The molecule has 3 aromatic rings. The van der Waals surface area contributed by atoms with Crippen molar-refractivity contribution in [2.45, 2.75) is 5.92 Å². The molecule has 2 heterocycles. The fourth-order valence-electron chi connectivity index (χ4n) is 3.27. The molecule has 4 rings (SSSR count). The number of nitrogens with zero attached hydrogens (tertiary/aromatic N) is 1. The highest BCUT2D eigenvalue weighted by molar-refractivity contribution is 6.12. The van der Waals surface area contributed by atoms with Crippen molar-refractivity contribution in [2.75, 3.05) is 12.0 Å². The van der Waals surface area contributed by atoms with Crippen molar-refractivity contribution in [3.63, 3.8) is 0 Å². The van der Waals surface area contributed by atoms with Crippen LogP contribution in [0.25, 0.3) is 0 Å². The summed E-state index contributed by atoms with van der Waals surface area (Å²) in [4.78, 5) is 26.5. The molecule has 6 heteroatoms. The Morgan fingerprint density at radius 3 is 2.69 bits per heavy atom. The van der Waals surface area contributed by atoms with Gasteiger partial charge in [0.05, 0.1) is 24.7 Å². The highest BCUT2D eigenvalue weighted by Gasteiger charge is 2.41. The minimum absolute atomic E-state index is 0.162. The first-order chi connectivity index (χ1) is 12.6. The summed E-state index contributed by atoms with van der Waals surface area (Å²) in [5.74, 6) is -0.177. The van der Waals surface area contributed by atoms with E-state index in [1.165, 1.54) is 6.26 Å². The zero-order chi connectivity index (χ0) is 18.3. The van der Waals surface area contributed by atoms with Crippen LogP contribution in [0.5, 0.6) is 5.75 Å². The molecule has 2 amide bonds.